The highest BCUT2D eigenvalue weighted by molar-refractivity contribution is 5.82. The average Bonchev–Trinajstić information content (AvgIpc) is 2.90. The van der Waals surface area contributed by atoms with Gasteiger partial charge in [-0.15, -0.1) is 0 Å². The highest BCUT2D eigenvalue weighted by Crippen LogP contribution is 2.39. The fourth-order valence-electron chi connectivity index (χ4n) is 2.99. The summed E-state index contributed by atoms with van der Waals surface area (Å²) in [5, 5.41) is 0. The quantitative estimate of drug-likeness (QED) is 0.529. The lowest BCUT2D eigenvalue weighted by Gasteiger charge is -2.08. The van der Waals surface area contributed by atoms with Crippen molar-refractivity contribution in [3.05, 3.63) is 70.8 Å². The molecule has 0 radical (unpaired) electrons. The van der Waals surface area contributed by atoms with E-state index < -0.39 is 0 Å². The molecule has 0 bridgehead atoms. The number of allylic oxidation sites excluding steroid dienone is 4. The molecule has 0 spiro atoms. The summed E-state index contributed by atoms with van der Waals surface area (Å²) in [7, 11) is 0. The minimum Gasteiger partial charge on any atom is -0.0841 e. The zero-order valence-corrected chi connectivity index (χ0v) is 13.3. The molecule has 2 aromatic carbocycles. The Morgan fingerprint density at radius 3 is 1.57 bits per heavy atom. The predicted molar refractivity (Wildman–Crippen MR) is 93.3 cm³/mol. The standard InChI is InChI=1S/C21H22/c1-5-14(3)16-7-9-18-11-19-10-8-17(15(4)6-2)13-21(19)20(18)12-16/h5-10,12-13H,11H2,1-4H3/b14-5+,15-6+. The third kappa shape index (κ3) is 2.35. The molecule has 0 aliphatic heterocycles. The Balaban J connectivity index is 2.15. The topological polar surface area (TPSA) is 0 Å². The van der Waals surface area contributed by atoms with Gasteiger partial charge in [0.05, 0.1) is 0 Å². The molecule has 2 aromatic rings. The van der Waals surface area contributed by atoms with Crippen LogP contribution in [0.2, 0.25) is 0 Å². The van der Waals surface area contributed by atoms with Gasteiger partial charge < -0.3 is 0 Å². The number of hydrogen-bond donors (Lipinski definition) is 0. The van der Waals surface area contributed by atoms with E-state index in [0.717, 1.165) is 6.42 Å². The van der Waals surface area contributed by atoms with Crippen LogP contribution in [0.5, 0.6) is 0 Å². The molecule has 106 valence electrons. The Morgan fingerprint density at radius 1 is 0.762 bits per heavy atom. The summed E-state index contributed by atoms with van der Waals surface area (Å²) in [4.78, 5) is 0. The molecular weight excluding hydrogens is 252 g/mol. The highest BCUT2D eigenvalue weighted by Gasteiger charge is 2.19. The molecule has 0 heterocycles. The Bertz CT molecular complexity index is 692. The Kier molecular flexibility index (Phi) is 3.55. The molecule has 0 saturated carbocycles. The van der Waals surface area contributed by atoms with Crippen LogP contribution in [-0.2, 0) is 6.42 Å². The van der Waals surface area contributed by atoms with E-state index in [0.29, 0.717) is 0 Å². The van der Waals surface area contributed by atoms with E-state index in [1.165, 1.54) is 44.5 Å². The van der Waals surface area contributed by atoms with Gasteiger partial charge in [-0.2, -0.15) is 0 Å². The van der Waals surface area contributed by atoms with Crippen molar-refractivity contribution < 1.29 is 0 Å². The summed E-state index contributed by atoms with van der Waals surface area (Å²) in [6.45, 7) is 8.56. The summed E-state index contributed by atoms with van der Waals surface area (Å²) in [5.74, 6) is 0. The third-order valence-corrected chi connectivity index (χ3v) is 4.67. The molecule has 0 aromatic heterocycles. The first kappa shape index (κ1) is 13.9. The lowest BCUT2D eigenvalue weighted by molar-refractivity contribution is 1.26. The molecule has 3 rings (SSSR count). The Morgan fingerprint density at radius 2 is 1.19 bits per heavy atom. The van der Waals surface area contributed by atoms with Crippen molar-refractivity contribution in [3.63, 3.8) is 0 Å². The largest absolute Gasteiger partial charge is 0.0841 e. The first-order valence-corrected chi connectivity index (χ1v) is 7.67. The van der Waals surface area contributed by atoms with Crippen LogP contribution in [0.1, 0.15) is 49.9 Å². The Labute approximate surface area is 127 Å². The zero-order chi connectivity index (χ0) is 15.0. The van der Waals surface area contributed by atoms with Gasteiger partial charge in [-0.05, 0) is 90.8 Å². The molecule has 0 amide bonds. The molecule has 21 heavy (non-hydrogen) atoms. The normalized spacial score (nSPS) is 14.1. The average molecular weight is 274 g/mol. The Hall–Kier alpha value is -2.08. The molecule has 0 fully saturated rings. The molecule has 1 aliphatic rings. The van der Waals surface area contributed by atoms with Gasteiger partial charge in [0.1, 0.15) is 0 Å². The van der Waals surface area contributed by atoms with Crippen molar-refractivity contribution in [2.24, 2.45) is 0 Å². The van der Waals surface area contributed by atoms with Gasteiger partial charge >= 0.3 is 0 Å². The molecule has 0 N–H and O–H groups in total. The lowest BCUT2D eigenvalue weighted by atomic mass is 9.97. The second kappa shape index (κ2) is 5.37. The molecule has 0 heteroatoms. The van der Waals surface area contributed by atoms with Crippen molar-refractivity contribution in [2.75, 3.05) is 0 Å². The van der Waals surface area contributed by atoms with Crippen LogP contribution in [-0.4, -0.2) is 0 Å². The molecule has 1 aliphatic carbocycles. The summed E-state index contributed by atoms with van der Waals surface area (Å²) >= 11 is 0. The first-order chi connectivity index (χ1) is 10.1. The van der Waals surface area contributed by atoms with Crippen molar-refractivity contribution in [1.29, 1.82) is 0 Å². The molecule has 0 saturated heterocycles. The van der Waals surface area contributed by atoms with Crippen LogP contribution in [0.25, 0.3) is 22.3 Å². The van der Waals surface area contributed by atoms with Crippen LogP contribution < -0.4 is 0 Å². The molecular formula is C21H22. The zero-order valence-electron chi connectivity index (χ0n) is 13.3. The second-order valence-electron chi connectivity index (χ2n) is 5.86. The van der Waals surface area contributed by atoms with E-state index in [9.17, 15) is 0 Å². The van der Waals surface area contributed by atoms with Gasteiger partial charge in [-0.1, -0.05) is 36.4 Å². The van der Waals surface area contributed by atoms with Crippen molar-refractivity contribution in [2.45, 2.75) is 34.1 Å². The minimum absolute atomic E-state index is 1.06. The van der Waals surface area contributed by atoms with E-state index in [1.54, 1.807) is 0 Å². The van der Waals surface area contributed by atoms with Crippen LogP contribution in [0.3, 0.4) is 0 Å². The molecule has 0 nitrogen and oxygen atoms in total. The van der Waals surface area contributed by atoms with Crippen molar-refractivity contribution in [3.8, 4) is 11.1 Å². The summed E-state index contributed by atoms with van der Waals surface area (Å²) in [6, 6.07) is 13.8. The summed E-state index contributed by atoms with van der Waals surface area (Å²) in [5.41, 5.74) is 11.1. The smallest absolute Gasteiger partial charge is 0.00134 e. The maximum absolute atomic E-state index is 2.35. The van der Waals surface area contributed by atoms with E-state index in [-0.39, 0.29) is 0 Å². The van der Waals surface area contributed by atoms with Gasteiger partial charge in [0.15, 0.2) is 0 Å². The molecule has 0 atom stereocenters. The van der Waals surface area contributed by atoms with Gasteiger partial charge in [0, 0.05) is 0 Å². The second-order valence-corrected chi connectivity index (χ2v) is 5.86. The third-order valence-electron chi connectivity index (χ3n) is 4.67. The van der Waals surface area contributed by atoms with Gasteiger partial charge in [0.25, 0.3) is 0 Å². The fourth-order valence-corrected chi connectivity index (χ4v) is 2.99. The first-order valence-electron chi connectivity index (χ1n) is 7.67. The van der Waals surface area contributed by atoms with Crippen LogP contribution in [0.4, 0.5) is 0 Å². The van der Waals surface area contributed by atoms with E-state index >= 15 is 0 Å². The van der Waals surface area contributed by atoms with Gasteiger partial charge in [-0.3, -0.25) is 0 Å². The number of fused-ring (bicyclic) bond motifs is 3. The summed E-state index contributed by atoms with van der Waals surface area (Å²) in [6.07, 6.45) is 5.42. The van der Waals surface area contributed by atoms with Crippen LogP contribution in [0, 0.1) is 0 Å². The predicted octanol–water partition coefficient (Wildman–Crippen LogP) is 6.10. The minimum atomic E-state index is 1.06. The molecule has 0 unspecified atom stereocenters. The SMILES string of the molecule is C/C=C(\C)c1ccc2c(c1)-c1cc(/C(C)=C/C)ccc1C2. The van der Waals surface area contributed by atoms with Crippen LogP contribution in [0.15, 0.2) is 48.6 Å². The lowest BCUT2D eigenvalue weighted by Crippen LogP contribution is -1.85. The van der Waals surface area contributed by atoms with E-state index in [2.05, 4.69) is 76.2 Å². The number of benzene rings is 2. The van der Waals surface area contributed by atoms with Crippen molar-refractivity contribution >= 4 is 11.1 Å². The number of rotatable bonds is 2. The van der Waals surface area contributed by atoms with Crippen LogP contribution >= 0.6 is 0 Å². The van der Waals surface area contributed by atoms with Crippen molar-refractivity contribution in [1.82, 2.24) is 0 Å². The van der Waals surface area contributed by atoms with E-state index in [1.807, 2.05) is 0 Å². The maximum atomic E-state index is 2.35. The monoisotopic (exact) mass is 274 g/mol. The van der Waals surface area contributed by atoms with Gasteiger partial charge in [-0.25, -0.2) is 0 Å². The summed E-state index contributed by atoms with van der Waals surface area (Å²) < 4.78 is 0. The fraction of sp³-hybridized carbons (Fsp3) is 0.238. The number of hydrogen-bond acceptors (Lipinski definition) is 0. The van der Waals surface area contributed by atoms with Gasteiger partial charge in [0.2, 0.25) is 0 Å². The highest BCUT2D eigenvalue weighted by atomic mass is 14.2. The maximum Gasteiger partial charge on any atom is -0.00134 e. The van der Waals surface area contributed by atoms with E-state index in [4.69, 9.17) is 0 Å².